The Hall–Kier alpha value is -3.28. The van der Waals surface area contributed by atoms with Crippen molar-refractivity contribution in [1.29, 1.82) is 0 Å². The maximum absolute atomic E-state index is 12.1. The molecule has 0 aliphatic heterocycles. The summed E-state index contributed by atoms with van der Waals surface area (Å²) in [4.78, 5) is 23.7. The smallest absolute Gasteiger partial charge is 0.243 e. The van der Waals surface area contributed by atoms with E-state index < -0.39 is 0 Å². The third kappa shape index (κ3) is 7.53. The van der Waals surface area contributed by atoms with Crippen LogP contribution < -0.4 is 20.7 Å². The van der Waals surface area contributed by atoms with Crippen molar-refractivity contribution in [3.8, 4) is 5.75 Å². The Balaban J connectivity index is 1.77. The van der Waals surface area contributed by atoms with Crippen molar-refractivity contribution in [1.82, 2.24) is 0 Å². The van der Waals surface area contributed by atoms with E-state index in [1.54, 1.807) is 36.4 Å². The number of rotatable bonds is 10. The number of nitrogens with one attached hydrogen (secondary N) is 3. The largest absolute Gasteiger partial charge is 0.489 e. The Labute approximate surface area is 166 Å². The maximum Gasteiger partial charge on any atom is 0.243 e. The van der Waals surface area contributed by atoms with Crippen LogP contribution in [0.5, 0.6) is 5.75 Å². The Morgan fingerprint density at radius 1 is 0.893 bits per heavy atom. The Bertz CT molecular complexity index is 799. The summed E-state index contributed by atoms with van der Waals surface area (Å²) in [5, 5.41) is 8.71. The van der Waals surface area contributed by atoms with Crippen molar-refractivity contribution in [2.75, 3.05) is 29.1 Å². The molecular weight excluding hydrogens is 354 g/mol. The second-order valence-electron chi connectivity index (χ2n) is 6.55. The molecule has 0 atom stereocenters. The van der Waals surface area contributed by atoms with Crippen LogP contribution in [0.3, 0.4) is 0 Å². The SMILES string of the molecule is C=C(C)COc1ccc(NC(=O)CNc2ccc(NC(=O)CCC)cc2)cc1. The Kier molecular flexibility index (Phi) is 8.09. The van der Waals surface area contributed by atoms with Crippen molar-refractivity contribution in [2.24, 2.45) is 0 Å². The molecule has 0 spiro atoms. The van der Waals surface area contributed by atoms with Gasteiger partial charge >= 0.3 is 0 Å². The summed E-state index contributed by atoms with van der Waals surface area (Å²) >= 11 is 0. The van der Waals surface area contributed by atoms with E-state index in [9.17, 15) is 9.59 Å². The number of hydrogen-bond donors (Lipinski definition) is 3. The lowest BCUT2D eigenvalue weighted by Gasteiger charge is -2.10. The van der Waals surface area contributed by atoms with Crippen molar-refractivity contribution in [3.63, 3.8) is 0 Å². The minimum Gasteiger partial charge on any atom is -0.489 e. The number of hydrogen-bond acceptors (Lipinski definition) is 4. The molecule has 6 heteroatoms. The van der Waals surface area contributed by atoms with Gasteiger partial charge in [0, 0.05) is 23.5 Å². The van der Waals surface area contributed by atoms with Crippen LogP contribution >= 0.6 is 0 Å². The van der Waals surface area contributed by atoms with Gasteiger partial charge in [0.1, 0.15) is 12.4 Å². The molecule has 0 heterocycles. The number of anilines is 3. The first-order chi connectivity index (χ1) is 13.5. The molecule has 2 aromatic carbocycles. The average Bonchev–Trinajstić information content (AvgIpc) is 2.67. The fraction of sp³-hybridized carbons (Fsp3) is 0.273. The molecule has 148 valence electrons. The molecule has 0 bridgehead atoms. The average molecular weight is 381 g/mol. The predicted octanol–water partition coefficient (Wildman–Crippen LogP) is 4.43. The Morgan fingerprint density at radius 2 is 1.43 bits per heavy atom. The zero-order valence-corrected chi connectivity index (χ0v) is 16.4. The van der Waals surface area contributed by atoms with E-state index in [0.29, 0.717) is 18.7 Å². The Morgan fingerprint density at radius 3 is 2.00 bits per heavy atom. The first-order valence-electron chi connectivity index (χ1n) is 9.27. The quantitative estimate of drug-likeness (QED) is 0.532. The van der Waals surface area contributed by atoms with Crippen LogP contribution in [0.15, 0.2) is 60.7 Å². The van der Waals surface area contributed by atoms with Gasteiger partial charge in [-0.3, -0.25) is 9.59 Å². The molecule has 0 saturated carbocycles. The summed E-state index contributed by atoms with van der Waals surface area (Å²) in [6.07, 6.45) is 1.31. The van der Waals surface area contributed by atoms with Crippen LogP contribution in [0.2, 0.25) is 0 Å². The lowest BCUT2D eigenvalue weighted by atomic mass is 10.2. The van der Waals surface area contributed by atoms with Crippen LogP contribution in [-0.4, -0.2) is 25.0 Å². The van der Waals surface area contributed by atoms with E-state index in [1.165, 1.54) is 0 Å². The fourth-order valence-corrected chi connectivity index (χ4v) is 2.35. The molecule has 0 fully saturated rings. The number of carbonyl (C=O) groups excluding carboxylic acids is 2. The summed E-state index contributed by atoms with van der Waals surface area (Å²) in [5.74, 6) is 0.569. The van der Waals surface area contributed by atoms with E-state index in [1.807, 2.05) is 26.0 Å². The lowest BCUT2D eigenvalue weighted by molar-refractivity contribution is -0.116. The van der Waals surface area contributed by atoms with Gasteiger partial charge in [0.05, 0.1) is 6.54 Å². The van der Waals surface area contributed by atoms with Gasteiger partial charge in [0.2, 0.25) is 11.8 Å². The van der Waals surface area contributed by atoms with Crippen LogP contribution in [0, 0.1) is 0 Å². The second-order valence-corrected chi connectivity index (χ2v) is 6.55. The van der Waals surface area contributed by atoms with E-state index in [-0.39, 0.29) is 18.4 Å². The molecule has 0 saturated heterocycles. The summed E-state index contributed by atoms with van der Waals surface area (Å²) < 4.78 is 5.53. The highest BCUT2D eigenvalue weighted by molar-refractivity contribution is 5.94. The highest BCUT2D eigenvalue weighted by atomic mass is 16.5. The van der Waals surface area contributed by atoms with Crippen LogP contribution in [0.1, 0.15) is 26.7 Å². The topological polar surface area (TPSA) is 79.5 Å². The van der Waals surface area contributed by atoms with Gasteiger partial charge in [-0.1, -0.05) is 13.5 Å². The van der Waals surface area contributed by atoms with Gasteiger partial charge in [-0.25, -0.2) is 0 Å². The van der Waals surface area contributed by atoms with Gasteiger partial charge in [0.25, 0.3) is 0 Å². The maximum atomic E-state index is 12.1. The van der Waals surface area contributed by atoms with E-state index >= 15 is 0 Å². The number of ether oxygens (including phenoxy) is 1. The van der Waals surface area contributed by atoms with E-state index in [4.69, 9.17) is 4.74 Å². The van der Waals surface area contributed by atoms with E-state index in [0.717, 1.165) is 29.1 Å². The molecular formula is C22H27N3O3. The molecule has 0 aliphatic carbocycles. The van der Waals surface area contributed by atoms with Gasteiger partial charge in [0.15, 0.2) is 0 Å². The minimum atomic E-state index is -0.157. The lowest BCUT2D eigenvalue weighted by Crippen LogP contribution is -2.21. The van der Waals surface area contributed by atoms with Gasteiger partial charge in [-0.2, -0.15) is 0 Å². The third-order valence-electron chi connectivity index (χ3n) is 3.72. The molecule has 2 aromatic rings. The van der Waals surface area contributed by atoms with Crippen molar-refractivity contribution < 1.29 is 14.3 Å². The molecule has 0 radical (unpaired) electrons. The van der Waals surface area contributed by atoms with Gasteiger partial charge in [-0.15, -0.1) is 0 Å². The first kappa shape index (κ1) is 21.0. The normalized spacial score (nSPS) is 10.1. The second kappa shape index (κ2) is 10.8. The summed E-state index contributed by atoms with van der Waals surface area (Å²) in [6, 6.07) is 14.4. The summed E-state index contributed by atoms with van der Waals surface area (Å²) in [6.45, 7) is 8.26. The molecule has 6 nitrogen and oxygen atoms in total. The first-order valence-corrected chi connectivity index (χ1v) is 9.27. The third-order valence-corrected chi connectivity index (χ3v) is 3.72. The number of amides is 2. The molecule has 2 rings (SSSR count). The highest BCUT2D eigenvalue weighted by Crippen LogP contribution is 2.17. The summed E-state index contributed by atoms with van der Waals surface area (Å²) in [5.41, 5.74) is 3.18. The standard InChI is InChI=1S/C22H27N3O3/c1-4-5-21(26)24-18-8-6-17(7-9-18)23-14-22(27)25-19-10-12-20(13-11-19)28-15-16(2)3/h6-13,23H,2,4-5,14-15H2,1,3H3,(H,24,26)(H,25,27). The zero-order valence-electron chi connectivity index (χ0n) is 16.4. The van der Waals surface area contributed by atoms with Crippen LogP contribution in [0.4, 0.5) is 17.1 Å². The van der Waals surface area contributed by atoms with Gasteiger partial charge < -0.3 is 20.7 Å². The number of benzene rings is 2. The molecule has 0 unspecified atom stereocenters. The monoisotopic (exact) mass is 381 g/mol. The number of carbonyl (C=O) groups is 2. The zero-order chi connectivity index (χ0) is 20.4. The van der Waals surface area contributed by atoms with Crippen LogP contribution in [-0.2, 0) is 9.59 Å². The van der Waals surface area contributed by atoms with E-state index in [2.05, 4.69) is 22.5 Å². The molecule has 0 aromatic heterocycles. The molecule has 0 aliphatic rings. The van der Waals surface area contributed by atoms with Crippen LogP contribution in [0.25, 0.3) is 0 Å². The van der Waals surface area contributed by atoms with Crippen molar-refractivity contribution >= 4 is 28.9 Å². The predicted molar refractivity (Wildman–Crippen MR) is 114 cm³/mol. The van der Waals surface area contributed by atoms with Crippen molar-refractivity contribution in [3.05, 3.63) is 60.7 Å². The van der Waals surface area contributed by atoms with Gasteiger partial charge in [-0.05, 0) is 67.4 Å². The molecule has 3 N–H and O–H groups in total. The van der Waals surface area contributed by atoms with Crippen molar-refractivity contribution in [2.45, 2.75) is 26.7 Å². The fourth-order valence-electron chi connectivity index (χ4n) is 2.35. The molecule has 28 heavy (non-hydrogen) atoms. The minimum absolute atomic E-state index is 0.00127. The summed E-state index contributed by atoms with van der Waals surface area (Å²) in [7, 11) is 0. The molecule has 2 amide bonds. The highest BCUT2D eigenvalue weighted by Gasteiger charge is 2.04.